The van der Waals surface area contributed by atoms with E-state index in [9.17, 15) is 17.6 Å². The summed E-state index contributed by atoms with van der Waals surface area (Å²) in [5.74, 6) is -0.698. The number of carbonyl (C=O) groups excluding carboxylic acids is 1. The summed E-state index contributed by atoms with van der Waals surface area (Å²) in [7, 11) is -3.62. The molecule has 0 bridgehead atoms. The number of nitrogens with zero attached hydrogens (tertiary/aromatic N) is 3. The van der Waals surface area contributed by atoms with Crippen molar-refractivity contribution < 1.29 is 17.6 Å². The first kappa shape index (κ1) is 25.3. The van der Waals surface area contributed by atoms with Crippen LogP contribution in [0.1, 0.15) is 21.5 Å². The largest absolute Gasteiger partial charge is 0.336 e. The number of fused-ring (bicyclic) bond motifs is 1. The minimum Gasteiger partial charge on any atom is -0.336 e. The lowest BCUT2D eigenvalue weighted by Gasteiger charge is -2.34. The van der Waals surface area contributed by atoms with E-state index in [1.54, 1.807) is 65.7 Å². The van der Waals surface area contributed by atoms with Gasteiger partial charge >= 0.3 is 0 Å². The molecule has 0 saturated carbocycles. The van der Waals surface area contributed by atoms with Crippen LogP contribution in [-0.2, 0) is 22.1 Å². The highest BCUT2D eigenvalue weighted by Gasteiger charge is 2.23. The van der Waals surface area contributed by atoms with Gasteiger partial charge in [-0.2, -0.15) is 0 Å². The lowest BCUT2D eigenvalue weighted by Crippen LogP contribution is -2.48. The lowest BCUT2D eigenvalue weighted by atomic mass is 10.1. The number of piperazine rings is 1. The zero-order valence-corrected chi connectivity index (χ0v) is 21.6. The van der Waals surface area contributed by atoms with E-state index in [2.05, 4.69) is 9.88 Å². The van der Waals surface area contributed by atoms with E-state index in [0.29, 0.717) is 49.4 Å². The molecule has 1 aliphatic rings. The first-order valence-corrected chi connectivity index (χ1v) is 13.9. The van der Waals surface area contributed by atoms with Crippen LogP contribution < -0.4 is 0 Å². The molecular formula is C28H25ClFN3O3S. The van der Waals surface area contributed by atoms with Crippen LogP contribution in [0.2, 0.25) is 5.02 Å². The quantitative estimate of drug-likeness (QED) is 0.348. The van der Waals surface area contributed by atoms with Crippen molar-refractivity contribution in [3.05, 3.63) is 107 Å². The average molecular weight is 538 g/mol. The molecule has 0 spiro atoms. The van der Waals surface area contributed by atoms with Crippen LogP contribution >= 0.6 is 11.6 Å². The fraction of sp³-hybridized carbons (Fsp3) is 0.214. The highest BCUT2D eigenvalue weighted by atomic mass is 35.5. The third kappa shape index (κ3) is 5.66. The van der Waals surface area contributed by atoms with E-state index in [-0.39, 0.29) is 21.6 Å². The molecule has 9 heteroatoms. The van der Waals surface area contributed by atoms with Crippen molar-refractivity contribution in [2.75, 3.05) is 26.2 Å². The Hall–Kier alpha value is -3.33. The van der Waals surface area contributed by atoms with Gasteiger partial charge in [0, 0.05) is 49.9 Å². The fourth-order valence-electron chi connectivity index (χ4n) is 4.56. The molecule has 4 aromatic rings. The predicted octanol–water partition coefficient (Wildman–Crippen LogP) is 4.96. The molecule has 3 aromatic carbocycles. The molecule has 5 rings (SSSR count). The molecule has 2 heterocycles. The van der Waals surface area contributed by atoms with E-state index >= 15 is 0 Å². The summed E-state index contributed by atoms with van der Waals surface area (Å²) in [4.78, 5) is 21.5. The molecule has 0 atom stereocenters. The van der Waals surface area contributed by atoms with Gasteiger partial charge in [0.05, 0.1) is 21.2 Å². The number of para-hydroxylation sites is 1. The van der Waals surface area contributed by atoms with E-state index < -0.39 is 15.7 Å². The van der Waals surface area contributed by atoms with Crippen molar-refractivity contribution in [2.45, 2.75) is 17.2 Å². The van der Waals surface area contributed by atoms with Gasteiger partial charge in [-0.3, -0.25) is 14.7 Å². The van der Waals surface area contributed by atoms with Crippen molar-refractivity contribution in [3.8, 4) is 0 Å². The third-order valence-electron chi connectivity index (χ3n) is 6.54. The van der Waals surface area contributed by atoms with Crippen molar-refractivity contribution in [1.82, 2.24) is 14.8 Å². The van der Waals surface area contributed by atoms with Crippen LogP contribution in [0.25, 0.3) is 10.9 Å². The number of hydrogen-bond acceptors (Lipinski definition) is 5. The van der Waals surface area contributed by atoms with Gasteiger partial charge in [-0.15, -0.1) is 0 Å². The SMILES string of the molecule is O=C(c1ccc(CS(=O)(=O)c2cccc3cccnc23)cc1)N1CCN(Cc2ccc(F)c(Cl)c2)CC1. The maximum atomic E-state index is 13.4. The average Bonchev–Trinajstić information content (AvgIpc) is 2.91. The van der Waals surface area contributed by atoms with Crippen LogP contribution in [0.5, 0.6) is 0 Å². The predicted molar refractivity (Wildman–Crippen MR) is 142 cm³/mol. The Morgan fingerprint density at radius 1 is 0.919 bits per heavy atom. The number of benzene rings is 3. The number of pyridine rings is 1. The minimum atomic E-state index is -3.62. The molecule has 190 valence electrons. The first-order chi connectivity index (χ1) is 17.8. The standard InChI is InChI=1S/C28H25ClFN3O3S/c29-24-17-21(8-11-25(24)30)18-32-13-15-33(16-14-32)28(34)23-9-6-20(7-10-23)19-37(35,36)26-5-1-3-22-4-2-12-31-27(22)26/h1-12,17H,13-16,18-19H2. The minimum absolute atomic E-state index is 0.0860. The van der Waals surface area contributed by atoms with Crippen LogP contribution in [0.4, 0.5) is 4.39 Å². The molecule has 0 radical (unpaired) electrons. The summed E-state index contributed by atoms with van der Waals surface area (Å²) in [6, 6.07) is 20.2. The number of carbonyl (C=O) groups is 1. The third-order valence-corrected chi connectivity index (χ3v) is 8.54. The van der Waals surface area contributed by atoms with Crippen molar-refractivity contribution in [2.24, 2.45) is 0 Å². The number of halogens is 2. The summed E-state index contributed by atoms with van der Waals surface area (Å²) in [5.41, 5.74) is 2.51. The molecule has 0 unspecified atom stereocenters. The van der Waals surface area contributed by atoms with Crippen LogP contribution in [-0.4, -0.2) is 55.3 Å². The Morgan fingerprint density at radius 3 is 2.35 bits per heavy atom. The maximum Gasteiger partial charge on any atom is 0.253 e. The number of amides is 1. The monoisotopic (exact) mass is 537 g/mol. The van der Waals surface area contributed by atoms with Gasteiger partial charge in [0.2, 0.25) is 0 Å². The van der Waals surface area contributed by atoms with Gasteiger partial charge in [0.25, 0.3) is 5.91 Å². The van der Waals surface area contributed by atoms with Crippen LogP contribution in [0.3, 0.4) is 0 Å². The van der Waals surface area contributed by atoms with Crippen molar-refractivity contribution in [1.29, 1.82) is 0 Å². The lowest BCUT2D eigenvalue weighted by molar-refractivity contribution is 0.0628. The van der Waals surface area contributed by atoms with Crippen molar-refractivity contribution in [3.63, 3.8) is 0 Å². The Labute approximate surface area is 220 Å². The molecule has 0 N–H and O–H groups in total. The second-order valence-electron chi connectivity index (χ2n) is 9.10. The summed E-state index contributed by atoms with van der Waals surface area (Å²) in [5, 5.41) is 0.877. The Balaban J connectivity index is 1.21. The highest BCUT2D eigenvalue weighted by molar-refractivity contribution is 7.90. The van der Waals surface area contributed by atoms with E-state index in [4.69, 9.17) is 11.6 Å². The van der Waals surface area contributed by atoms with E-state index in [1.807, 2.05) is 12.1 Å². The van der Waals surface area contributed by atoms with E-state index in [1.165, 1.54) is 6.07 Å². The number of hydrogen-bond donors (Lipinski definition) is 0. The second-order valence-corrected chi connectivity index (χ2v) is 11.5. The van der Waals surface area contributed by atoms with E-state index in [0.717, 1.165) is 10.9 Å². The maximum absolute atomic E-state index is 13.4. The summed E-state index contributed by atoms with van der Waals surface area (Å²) >= 11 is 5.88. The van der Waals surface area contributed by atoms with Gasteiger partial charge in [-0.1, -0.05) is 48.0 Å². The van der Waals surface area contributed by atoms with Crippen molar-refractivity contribution >= 4 is 38.2 Å². The van der Waals surface area contributed by atoms with Crippen LogP contribution in [0, 0.1) is 5.82 Å². The fourth-order valence-corrected chi connectivity index (χ4v) is 6.30. The topological polar surface area (TPSA) is 70.6 Å². The molecule has 0 aliphatic carbocycles. The molecule has 1 aromatic heterocycles. The highest BCUT2D eigenvalue weighted by Crippen LogP contribution is 2.24. The Kier molecular flexibility index (Phi) is 7.24. The van der Waals surface area contributed by atoms with Gasteiger partial charge < -0.3 is 4.90 Å². The summed E-state index contributed by atoms with van der Waals surface area (Å²) < 4.78 is 39.7. The zero-order chi connectivity index (χ0) is 26.0. The molecule has 1 amide bonds. The molecule has 1 fully saturated rings. The molecule has 6 nitrogen and oxygen atoms in total. The summed E-state index contributed by atoms with van der Waals surface area (Å²) in [6.45, 7) is 3.15. The van der Waals surface area contributed by atoms with Gasteiger partial charge in [-0.05, 0) is 47.5 Å². The molecule has 1 aliphatic heterocycles. The normalized spacial score (nSPS) is 14.7. The summed E-state index contributed by atoms with van der Waals surface area (Å²) in [6.07, 6.45) is 1.58. The second kappa shape index (κ2) is 10.6. The van der Waals surface area contributed by atoms with Crippen LogP contribution in [0.15, 0.2) is 83.9 Å². The first-order valence-electron chi connectivity index (χ1n) is 11.9. The molecule has 1 saturated heterocycles. The Morgan fingerprint density at radius 2 is 1.62 bits per heavy atom. The Bertz CT molecular complexity index is 1550. The smallest absolute Gasteiger partial charge is 0.253 e. The number of rotatable bonds is 6. The van der Waals surface area contributed by atoms with Gasteiger partial charge in [0.1, 0.15) is 5.82 Å². The number of aromatic nitrogens is 1. The molecular weight excluding hydrogens is 513 g/mol. The van der Waals surface area contributed by atoms with Gasteiger partial charge in [-0.25, -0.2) is 12.8 Å². The number of sulfone groups is 1. The van der Waals surface area contributed by atoms with Gasteiger partial charge in [0.15, 0.2) is 9.84 Å². The zero-order valence-electron chi connectivity index (χ0n) is 20.0. The molecule has 37 heavy (non-hydrogen) atoms.